The second-order valence-electron chi connectivity index (χ2n) is 10.3. The summed E-state index contributed by atoms with van der Waals surface area (Å²) in [5, 5.41) is 29.2. The maximum Gasteiger partial charge on any atom is 0.314 e. The number of cyclic esters (lactones) is 2. The van der Waals surface area contributed by atoms with E-state index in [2.05, 4.69) is 85.8 Å². The molecule has 1 heterocycles. The van der Waals surface area contributed by atoms with Gasteiger partial charge in [0, 0.05) is 29.1 Å². The van der Waals surface area contributed by atoms with Gasteiger partial charge in [-0.3, -0.25) is 28.8 Å². The van der Waals surface area contributed by atoms with Gasteiger partial charge >= 0.3 is 23.9 Å². The Morgan fingerprint density at radius 2 is 1.23 bits per heavy atom. The van der Waals surface area contributed by atoms with Crippen LogP contribution in [0.1, 0.15) is 107 Å². The number of aliphatic carboxylic acids is 2. The number of amides is 2. The van der Waals surface area contributed by atoms with Crippen LogP contribution in [0.5, 0.6) is 0 Å². The molecule has 56 heavy (non-hydrogen) atoms. The van der Waals surface area contributed by atoms with Crippen LogP contribution in [-0.2, 0) is 54.5 Å². The average Bonchev–Trinajstić information content (AvgIpc) is 3.54. The maximum atomic E-state index is 12.2. The molecule has 8 N–H and O–H groups in total. The lowest BCUT2D eigenvalue weighted by Crippen LogP contribution is -2.50. The van der Waals surface area contributed by atoms with Crippen molar-refractivity contribution in [3.63, 3.8) is 0 Å². The Morgan fingerprint density at radius 3 is 1.59 bits per heavy atom. The quantitative estimate of drug-likeness (QED) is 0.0271. The summed E-state index contributed by atoms with van der Waals surface area (Å²) in [4.78, 5) is 68.1. The summed E-state index contributed by atoms with van der Waals surface area (Å²) in [7, 11) is 3.19. The molecule has 1 aliphatic heterocycles. The van der Waals surface area contributed by atoms with E-state index in [1.807, 2.05) is 20.9 Å². The highest BCUT2D eigenvalue weighted by Gasteiger charge is 2.21. The Balaban J connectivity index is -0.000000161. The van der Waals surface area contributed by atoms with Gasteiger partial charge in [0.1, 0.15) is 0 Å². The predicted molar refractivity (Wildman–Crippen MR) is 227 cm³/mol. The van der Waals surface area contributed by atoms with Crippen LogP contribution in [0.2, 0.25) is 0 Å². The molecule has 0 bridgehead atoms. The fourth-order valence-corrected chi connectivity index (χ4v) is 3.85. The van der Waals surface area contributed by atoms with Gasteiger partial charge in [-0.05, 0) is 62.1 Å². The molecule has 1 rings (SSSR count). The lowest BCUT2D eigenvalue weighted by molar-refractivity contribution is -0.152. The van der Waals surface area contributed by atoms with E-state index < -0.39 is 35.7 Å². The second-order valence-corrected chi connectivity index (χ2v) is 12.4. The topological polar surface area (TPSA) is 231 Å². The Kier molecular flexibility index (Phi) is 56.0. The molecule has 0 aromatic rings. The zero-order valence-electron chi connectivity index (χ0n) is 32.9. The Morgan fingerprint density at radius 1 is 0.750 bits per heavy atom. The minimum atomic E-state index is -1.07. The molecule has 0 aromatic heterocycles. The van der Waals surface area contributed by atoms with Gasteiger partial charge in [-0.2, -0.15) is 0 Å². The van der Waals surface area contributed by atoms with E-state index in [4.69, 9.17) is 27.8 Å². The van der Waals surface area contributed by atoms with Crippen LogP contribution >= 0.6 is 0 Å². The summed E-state index contributed by atoms with van der Waals surface area (Å²) in [6.45, 7) is 13.6. The van der Waals surface area contributed by atoms with Crippen LogP contribution in [0.4, 0.5) is 0 Å². The van der Waals surface area contributed by atoms with Crippen LogP contribution in [0.25, 0.3) is 0 Å². The summed E-state index contributed by atoms with van der Waals surface area (Å²) in [5.41, 5.74) is 0. The van der Waals surface area contributed by atoms with Crippen LogP contribution in [-0.4, -0.2) is 116 Å². The molecule has 1 atom stereocenters. The first-order valence-electron chi connectivity index (χ1n) is 17.5. The van der Waals surface area contributed by atoms with E-state index in [-0.39, 0.29) is 83.2 Å². The summed E-state index contributed by atoms with van der Waals surface area (Å²) < 4.78 is 10.3. The number of unbranched alkanes of at least 4 members (excludes halogenated alkanes) is 1. The number of hydrogen-bond acceptors (Lipinski definition) is 12. The monoisotopic (exact) mass is 834 g/mol. The van der Waals surface area contributed by atoms with Gasteiger partial charge in [0.05, 0.1) is 59.0 Å². The Hall–Kier alpha value is -3.97. The lowest BCUT2D eigenvalue weighted by Gasteiger charge is -2.30. The highest BCUT2D eigenvalue weighted by molar-refractivity contribution is 8.26. The SMILES string of the molecule is C.C.C#CC#CC#CCC.CCCC.CCNCN(CN(CNC)C(=O)CCC(=O)O)C(=O)CCC(=O)O.CCNCNS(=S)NCNC.O=C1CCC(=O)O1. The fourth-order valence-electron chi connectivity index (χ4n) is 2.89. The van der Waals surface area contributed by atoms with Gasteiger partial charge < -0.3 is 46.0 Å². The van der Waals surface area contributed by atoms with E-state index in [0.717, 1.165) is 26.3 Å². The van der Waals surface area contributed by atoms with E-state index in [1.54, 1.807) is 7.05 Å². The third kappa shape index (κ3) is 50.0. The zero-order chi connectivity index (χ0) is 42.0. The number of hydrogen-bond donors (Lipinski definition) is 8. The van der Waals surface area contributed by atoms with E-state index >= 15 is 0 Å². The lowest BCUT2D eigenvalue weighted by atomic mass is 10.2. The number of terminal acetylenes is 1. The third-order valence-electron chi connectivity index (χ3n) is 5.74. The molecule has 324 valence electrons. The first-order chi connectivity index (χ1) is 25.7. The van der Waals surface area contributed by atoms with Crippen molar-refractivity contribution in [1.82, 2.24) is 40.5 Å². The van der Waals surface area contributed by atoms with Crippen LogP contribution in [0, 0.1) is 36.0 Å². The molecule has 1 fully saturated rings. The van der Waals surface area contributed by atoms with Crippen molar-refractivity contribution in [3.8, 4) is 36.0 Å². The fraction of sp³-hybridized carbons (Fsp3) is 0.676. The van der Waals surface area contributed by atoms with Crippen molar-refractivity contribution in [2.24, 2.45) is 0 Å². The van der Waals surface area contributed by atoms with Crippen molar-refractivity contribution >= 4 is 56.7 Å². The van der Waals surface area contributed by atoms with Gasteiger partial charge in [-0.15, -0.1) is 6.42 Å². The molecule has 0 saturated carbocycles. The maximum absolute atomic E-state index is 12.2. The van der Waals surface area contributed by atoms with Crippen molar-refractivity contribution < 1.29 is 43.7 Å². The molecule has 0 spiro atoms. The number of carbonyl (C=O) groups excluding carboxylic acids is 4. The highest BCUT2D eigenvalue weighted by atomic mass is 32.8. The second kappa shape index (κ2) is 49.0. The largest absolute Gasteiger partial charge is 0.481 e. The van der Waals surface area contributed by atoms with Crippen LogP contribution in [0.3, 0.4) is 0 Å². The molecule has 2 amide bonds. The molecule has 1 unspecified atom stereocenters. The zero-order valence-corrected chi connectivity index (χ0v) is 34.5. The summed E-state index contributed by atoms with van der Waals surface area (Å²) in [6, 6.07) is 0. The number of carbonyl (C=O) groups is 6. The molecule has 0 radical (unpaired) electrons. The van der Waals surface area contributed by atoms with Crippen LogP contribution < -0.4 is 30.7 Å². The summed E-state index contributed by atoms with van der Waals surface area (Å²) in [6.07, 6.45) is 7.89. The Labute approximate surface area is 343 Å². The number of carboxylic acids is 2. The summed E-state index contributed by atoms with van der Waals surface area (Å²) >= 11 is 5.04. The van der Waals surface area contributed by atoms with Gasteiger partial charge in [0.25, 0.3) is 0 Å². The van der Waals surface area contributed by atoms with Crippen molar-refractivity contribution in [2.75, 3.05) is 60.5 Å². The number of esters is 2. The molecular formula is C37H70N8O9S2. The number of nitrogens with zero attached hydrogens (tertiary/aromatic N) is 2. The average molecular weight is 835 g/mol. The number of ether oxygens (including phenoxy) is 1. The molecular weight excluding hydrogens is 765 g/mol. The molecule has 0 aromatic carbocycles. The molecule has 1 saturated heterocycles. The van der Waals surface area contributed by atoms with E-state index in [9.17, 15) is 28.8 Å². The van der Waals surface area contributed by atoms with Gasteiger partial charge in [-0.25, -0.2) is 9.44 Å². The standard InChI is InChI=1S/C14H26N4O6.C8H6.C5H16N4S2.C4H4O3.C4H10.2CH4/c1-3-16-9-18(12(20)5-7-14(23)24)10-17(8-15-2)11(19)4-6-13(21)22;1-3-5-7-8-6-4-2;1-3-7-5-9-11(10)8-4-6-2;5-3-1-2-4(6)7-3;1-3-4-2;;/h15-16H,3-10H2,1-2H3,(H,21,22)(H,23,24);1H,4H2,2H3;6-9H,3-5H2,1-2H3;1-2H2;3-4H2,1-2H3;2*1H4. The van der Waals surface area contributed by atoms with Crippen molar-refractivity contribution in [3.05, 3.63) is 0 Å². The predicted octanol–water partition coefficient (Wildman–Crippen LogP) is 1.86. The Bertz CT molecular complexity index is 1240. The minimum absolute atomic E-state index is 0. The first-order valence-corrected chi connectivity index (χ1v) is 19.6. The molecule has 19 heteroatoms. The van der Waals surface area contributed by atoms with Gasteiger partial charge in [-0.1, -0.05) is 68.2 Å². The van der Waals surface area contributed by atoms with Gasteiger partial charge in [0.2, 0.25) is 11.8 Å². The molecule has 0 aliphatic carbocycles. The minimum Gasteiger partial charge on any atom is -0.481 e. The highest BCUT2D eigenvalue weighted by Crippen LogP contribution is 2.04. The number of carboxylic acid groups (broad SMARTS) is 2. The molecule has 17 nitrogen and oxygen atoms in total. The molecule has 1 aliphatic rings. The van der Waals surface area contributed by atoms with E-state index in [0.29, 0.717) is 6.54 Å². The normalized spacial score (nSPS) is 10.7. The summed E-state index contributed by atoms with van der Waals surface area (Å²) in [5.74, 6) is 8.64. The van der Waals surface area contributed by atoms with Crippen LogP contribution in [0.15, 0.2) is 0 Å². The van der Waals surface area contributed by atoms with Crippen molar-refractivity contribution in [1.29, 1.82) is 0 Å². The van der Waals surface area contributed by atoms with Crippen molar-refractivity contribution in [2.45, 2.75) is 107 Å². The third-order valence-corrected chi connectivity index (χ3v) is 7.26. The smallest absolute Gasteiger partial charge is 0.314 e. The van der Waals surface area contributed by atoms with Gasteiger partial charge in [0.15, 0.2) is 0 Å². The number of nitrogens with one attached hydrogen (secondary N) is 6. The van der Waals surface area contributed by atoms with E-state index in [1.165, 1.54) is 22.6 Å². The first kappa shape index (κ1) is 63.9. The number of rotatable bonds is 21.